The molecule has 4 rings (SSSR count). The Balaban J connectivity index is 1.76. The highest BCUT2D eigenvalue weighted by atomic mass is 32.2. The number of anilines is 1. The predicted octanol–water partition coefficient (Wildman–Crippen LogP) is 2.55. The molecule has 2 aliphatic rings. The third kappa shape index (κ3) is 4.35. The van der Waals surface area contributed by atoms with E-state index in [9.17, 15) is 18.0 Å². The average molecular weight is 472 g/mol. The number of nitrogens with zero attached hydrogens (tertiary/aromatic N) is 2. The van der Waals surface area contributed by atoms with Gasteiger partial charge in [0, 0.05) is 12.6 Å². The van der Waals surface area contributed by atoms with Crippen LogP contribution in [0.5, 0.6) is 5.75 Å². The van der Waals surface area contributed by atoms with Crippen molar-refractivity contribution in [3.8, 4) is 5.75 Å². The molecule has 8 nitrogen and oxygen atoms in total. The summed E-state index contributed by atoms with van der Waals surface area (Å²) in [6.45, 7) is 1.07. The zero-order valence-corrected chi connectivity index (χ0v) is 19.7. The maximum Gasteiger partial charge on any atom is 0.247 e. The highest BCUT2D eigenvalue weighted by Gasteiger charge is 2.52. The summed E-state index contributed by atoms with van der Waals surface area (Å²) in [6, 6.07) is 14.9. The van der Waals surface area contributed by atoms with Gasteiger partial charge in [0.15, 0.2) is 0 Å². The number of carbonyl (C=O) groups excluding carboxylic acids is 2. The van der Waals surface area contributed by atoms with Crippen LogP contribution in [0.3, 0.4) is 0 Å². The summed E-state index contributed by atoms with van der Waals surface area (Å²) in [4.78, 5) is 28.6. The van der Waals surface area contributed by atoms with Crippen LogP contribution in [0.2, 0.25) is 0 Å². The molecule has 2 amide bonds. The molecule has 0 aromatic heterocycles. The van der Waals surface area contributed by atoms with Crippen LogP contribution in [0.1, 0.15) is 32.6 Å². The zero-order chi connectivity index (χ0) is 23.6. The molecule has 2 aromatic carbocycles. The molecule has 2 fully saturated rings. The van der Waals surface area contributed by atoms with E-state index in [1.54, 1.807) is 49.4 Å². The van der Waals surface area contributed by atoms with Gasteiger partial charge in [0.1, 0.15) is 11.3 Å². The molecule has 1 aliphatic carbocycles. The van der Waals surface area contributed by atoms with Crippen molar-refractivity contribution < 1.29 is 22.7 Å². The molecule has 1 aliphatic heterocycles. The Bertz CT molecular complexity index is 1130. The van der Waals surface area contributed by atoms with Crippen LogP contribution < -0.4 is 15.0 Å². The van der Waals surface area contributed by atoms with Crippen LogP contribution in [0.4, 0.5) is 5.69 Å². The molecule has 176 valence electrons. The highest BCUT2D eigenvalue weighted by Crippen LogP contribution is 2.37. The van der Waals surface area contributed by atoms with Gasteiger partial charge in [-0.2, -0.15) is 4.31 Å². The Morgan fingerprint density at radius 1 is 1.06 bits per heavy atom. The van der Waals surface area contributed by atoms with Gasteiger partial charge in [-0.15, -0.1) is 0 Å². The minimum atomic E-state index is -3.97. The summed E-state index contributed by atoms with van der Waals surface area (Å²) in [7, 11) is -2.48. The standard InChI is InChI=1S/C24H29N3O5S/c1-24(23(29)25-18-10-6-7-11-18)17-26(33(30,31)19-12-4-3-5-13-19)16-22(28)27(24)20-14-8-9-15-21(20)32-2/h3-5,8-9,12-15,18H,6-7,10-11,16-17H2,1-2H3,(H,25,29)/t24-/m0/s1. The number of nitrogens with one attached hydrogen (secondary N) is 1. The Morgan fingerprint density at radius 3 is 2.36 bits per heavy atom. The molecular weight excluding hydrogens is 442 g/mol. The molecule has 0 spiro atoms. The van der Waals surface area contributed by atoms with Crippen LogP contribution in [-0.2, 0) is 19.6 Å². The lowest BCUT2D eigenvalue weighted by molar-refractivity contribution is -0.133. The lowest BCUT2D eigenvalue weighted by Crippen LogP contribution is -2.70. The van der Waals surface area contributed by atoms with Crippen molar-refractivity contribution in [2.45, 2.75) is 49.1 Å². The molecule has 2 aromatic rings. The number of methoxy groups -OCH3 is 1. The number of hydrogen-bond acceptors (Lipinski definition) is 5. The van der Waals surface area contributed by atoms with Crippen molar-refractivity contribution in [2.75, 3.05) is 25.1 Å². The lowest BCUT2D eigenvalue weighted by Gasteiger charge is -2.47. The fourth-order valence-electron chi connectivity index (χ4n) is 4.68. The van der Waals surface area contributed by atoms with E-state index in [0.717, 1.165) is 30.0 Å². The first-order valence-electron chi connectivity index (χ1n) is 11.1. The first-order valence-corrected chi connectivity index (χ1v) is 12.5. The third-order valence-corrected chi connectivity index (χ3v) is 8.23. The van der Waals surface area contributed by atoms with Crippen molar-refractivity contribution >= 4 is 27.5 Å². The normalized spacial score (nSPS) is 22.4. The van der Waals surface area contributed by atoms with E-state index < -0.39 is 21.5 Å². The monoisotopic (exact) mass is 471 g/mol. The van der Waals surface area contributed by atoms with E-state index in [1.165, 1.54) is 24.1 Å². The van der Waals surface area contributed by atoms with E-state index in [0.29, 0.717) is 11.4 Å². The number of amides is 2. The van der Waals surface area contributed by atoms with Crippen LogP contribution in [0.25, 0.3) is 0 Å². The molecule has 1 heterocycles. The van der Waals surface area contributed by atoms with Crippen LogP contribution in [0.15, 0.2) is 59.5 Å². The maximum atomic E-state index is 13.6. The fourth-order valence-corrected chi connectivity index (χ4v) is 6.18. The Kier molecular flexibility index (Phi) is 6.45. The van der Waals surface area contributed by atoms with Crippen molar-refractivity contribution in [2.24, 2.45) is 0 Å². The van der Waals surface area contributed by atoms with E-state index in [-0.39, 0.29) is 29.9 Å². The minimum Gasteiger partial charge on any atom is -0.495 e. The molecule has 1 saturated carbocycles. The molecule has 0 unspecified atom stereocenters. The second kappa shape index (κ2) is 9.15. The molecule has 0 radical (unpaired) electrons. The number of piperazine rings is 1. The average Bonchev–Trinajstić information content (AvgIpc) is 3.32. The molecular formula is C24H29N3O5S. The SMILES string of the molecule is COc1ccccc1N1C(=O)CN(S(=O)(=O)c2ccccc2)C[C@@]1(C)C(=O)NC1CCCC1. The van der Waals surface area contributed by atoms with Gasteiger partial charge in [-0.1, -0.05) is 43.2 Å². The topological polar surface area (TPSA) is 96.0 Å². The first-order chi connectivity index (χ1) is 15.8. The highest BCUT2D eigenvalue weighted by molar-refractivity contribution is 7.89. The molecule has 9 heteroatoms. The molecule has 1 saturated heterocycles. The number of carbonyl (C=O) groups is 2. The van der Waals surface area contributed by atoms with Crippen molar-refractivity contribution in [3.05, 3.63) is 54.6 Å². The summed E-state index contributed by atoms with van der Waals surface area (Å²) < 4.78 is 33.3. The van der Waals surface area contributed by atoms with Crippen LogP contribution in [-0.4, -0.2) is 56.3 Å². The predicted molar refractivity (Wildman–Crippen MR) is 124 cm³/mol. The summed E-state index contributed by atoms with van der Waals surface area (Å²) in [5.74, 6) is -0.430. The van der Waals surface area contributed by atoms with Gasteiger partial charge in [0.25, 0.3) is 0 Å². The fraction of sp³-hybridized carbons (Fsp3) is 0.417. The Hall–Kier alpha value is -2.91. The number of para-hydroxylation sites is 2. The van der Waals surface area contributed by atoms with Crippen molar-refractivity contribution in [1.82, 2.24) is 9.62 Å². The number of sulfonamides is 1. The number of benzene rings is 2. The van der Waals surface area contributed by atoms with E-state index >= 15 is 0 Å². The maximum absolute atomic E-state index is 13.6. The zero-order valence-electron chi connectivity index (χ0n) is 18.9. The largest absolute Gasteiger partial charge is 0.495 e. The number of rotatable bonds is 6. The van der Waals surface area contributed by atoms with Gasteiger partial charge < -0.3 is 10.1 Å². The quantitative estimate of drug-likeness (QED) is 0.699. The summed E-state index contributed by atoms with van der Waals surface area (Å²) in [5, 5.41) is 3.06. The molecule has 0 bridgehead atoms. The van der Waals surface area contributed by atoms with Gasteiger partial charge in [-0.05, 0) is 44.0 Å². The van der Waals surface area contributed by atoms with E-state index in [2.05, 4.69) is 5.32 Å². The second-order valence-electron chi connectivity index (χ2n) is 8.72. The van der Waals surface area contributed by atoms with Gasteiger partial charge in [0.2, 0.25) is 21.8 Å². The van der Waals surface area contributed by atoms with E-state index in [1.807, 2.05) is 0 Å². The van der Waals surface area contributed by atoms with Crippen molar-refractivity contribution in [3.63, 3.8) is 0 Å². The molecule has 33 heavy (non-hydrogen) atoms. The smallest absolute Gasteiger partial charge is 0.247 e. The first kappa shape index (κ1) is 23.3. The third-order valence-electron chi connectivity index (χ3n) is 6.43. The molecule has 1 atom stereocenters. The second-order valence-corrected chi connectivity index (χ2v) is 10.7. The van der Waals surface area contributed by atoms with Gasteiger partial charge in [-0.3, -0.25) is 14.5 Å². The Labute approximate surface area is 194 Å². The lowest BCUT2D eigenvalue weighted by atomic mass is 9.93. The summed E-state index contributed by atoms with van der Waals surface area (Å²) in [5.41, 5.74) is -1.03. The Morgan fingerprint density at radius 2 is 1.70 bits per heavy atom. The van der Waals surface area contributed by atoms with Gasteiger partial charge in [-0.25, -0.2) is 8.42 Å². The summed E-state index contributed by atoms with van der Waals surface area (Å²) in [6.07, 6.45) is 3.81. The van der Waals surface area contributed by atoms with Crippen LogP contribution >= 0.6 is 0 Å². The summed E-state index contributed by atoms with van der Waals surface area (Å²) >= 11 is 0. The van der Waals surface area contributed by atoms with Gasteiger partial charge >= 0.3 is 0 Å². The van der Waals surface area contributed by atoms with Crippen molar-refractivity contribution in [1.29, 1.82) is 0 Å². The van der Waals surface area contributed by atoms with Gasteiger partial charge in [0.05, 0.1) is 24.2 Å². The number of hydrogen-bond donors (Lipinski definition) is 1. The molecule has 1 N–H and O–H groups in total. The number of ether oxygens (including phenoxy) is 1. The van der Waals surface area contributed by atoms with Crippen LogP contribution in [0, 0.1) is 0 Å². The minimum absolute atomic E-state index is 0.0186. The van der Waals surface area contributed by atoms with E-state index in [4.69, 9.17) is 4.74 Å².